The number of ketones is 1. The summed E-state index contributed by atoms with van der Waals surface area (Å²) in [7, 11) is 2.70. The highest BCUT2D eigenvalue weighted by Crippen LogP contribution is 2.26. The molecule has 0 unspecified atom stereocenters. The second kappa shape index (κ2) is 10.5. The van der Waals surface area contributed by atoms with E-state index in [1.807, 2.05) is 36.4 Å². The van der Waals surface area contributed by atoms with Crippen molar-refractivity contribution in [1.82, 2.24) is 0 Å². The summed E-state index contributed by atoms with van der Waals surface area (Å²) in [5.74, 6) is -0.719. The van der Waals surface area contributed by atoms with E-state index in [0.717, 1.165) is 54.4 Å². The average Bonchev–Trinajstić information content (AvgIpc) is 2.80. The van der Waals surface area contributed by atoms with Crippen molar-refractivity contribution in [2.24, 2.45) is 0 Å². The van der Waals surface area contributed by atoms with Crippen molar-refractivity contribution < 1.29 is 23.9 Å². The van der Waals surface area contributed by atoms with Gasteiger partial charge in [-0.1, -0.05) is 30.7 Å². The molecule has 2 aromatic rings. The highest BCUT2D eigenvalue weighted by Gasteiger charge is 2.18. The largest absolute Gasteiger partial charge is 0.465 e. The van der Waals surface area contributed by atoms with Gasteiger partial charge in [0.1, 0.15) is 0 Å². The fourth-order valence-electron chi connectivity index (χ4n) is 3.59. The molecule has 0 saturated heterocycles. The third kappa shape index (κ3) is 5.79. The molecular formula is C26H26O5. The molecule has 0 N–H and O–H groups in total. The summed E-state index contributed by atoms with van der Waals surface area (Å²) in [5.41, 5.74) is 4.23. The first-order chi connectivity index (χ1) is 15.0. The van der Waals surface area contributed by atoms with Crippen molar-refractivity contribution in [3.63, 3.8) is 0 Å². The smallest absolute Gasteiger partial charge is 0.337 e. The molecule has 1 fully saturated rings. The maximum atomic E-state index is 13.3. The molecule has 31 heavy (non-hydrogen) atoms. The lowest BCUT2D eigenvalue weighted by molar-refractivity contribution is -0.112. The van der Waals surface area contributed by atoms with Crippen LogP contribution in [0.2, 0.25) is 0 Å². The first-order valence-electron chi connectivity index (χ1n) is 10.3. The minimum atomic E-state index is -0.385. The van der Waals surface area contributed by atoms with E-state index in [9.17, 15) is 14.4 Å². The van der Waals surface area contributed by atoms with Gasteiger partial charge in [-0.05, 0) is 73.2 Å². The maximum absolute atomic E-state index is 13.3. The summed E-state index contributed by atoms with van der Waals surface area (Å²) in [6.07, 6.45) is 8.25. The molecule has 1 saturated carbocycles. The molecule has 0 spiro atoms. The van der Waals surface area contributed by atoms with Gasteiger partial charge in [-0.2, -0.15) is 0 Å². The Bertz CT molecular complexity index is 929. The van der Waals surface area contributed by atoms with Crippen molar-refractivity contribution in [3.05, 3.63) is 81.9 Å². The van der Waals surface area contributed by atoms with Gasteiger partial charge < -0.3 is 9.47 Å². The van der Waals surface area contributed by atoms with Gasteiger partial charge >= 0.3 is 11.9 Å². The van der Waals surface area contributed by atoms with Crippen LogP contribution in [-0.4, -0.2) is 31.9 Å². The zero-order valence-corrected chi connectivity index (χ0v) is 17.9. The summed E-state index contributed by atoms with van der Waals surface area (Å²) < 4.78 is 9.46. The third-order valence-electron chi connectivity index (χ3n) is 5.32. The number of methoxy groups -OCH3 is 2. The molecule has 0 atom stereocenters. The van der Waals surface area contributed by atoms with Crippen molar-refractivity contribution in [2.45, 2.75) is 32.1 Å². The number of ether oxygens (including phenoxy) is 2. The number of carbonyl (C=O) groups is 3. The number of rotatable bonds is 4. The second-order valence-electron chi connectivity index (χ2n) is 7.46. The van der Waals surface area contributed by atoms with Gasteiger partial charge in [0.05, 0.1) is 25.3 Å². The first-order valence-corrected chi connectivity index (χ1v) is 10.3. The fraction of sp³-hybridized carbons (Fsp3) is 0.269. The van der Waals surface area contributed by atoms with Crippen LogP contribution < -0.4 is 0 Å². The van der Waals surface area contributed by atoms with E-state index in [4.69, 9.17) is 9.47 Å². The van der Waals surface area contributed by atoms with E-state index < -0.39 is 0 Å². The molecule has 3 rings (SSSR count). The van der Waals surface area contributed by atoms with Gasteiger partial charge in [-0.15, -0.1) is 0 Å². The number of hydrogen-bond donors (Lipinski definition) is 0. The van der Waals surface area contributed by atoms with E-state index in [0.29, 0.717) is 11.1 Å². The lowest BCUT2D eigenvalue weighted by atomic mass is 9.89. The van der Waals surface area contributed by atoms with E-state index >= 15 is 0 Å². The Hall–Kier alpha value is -3.47. The molecule has 0 aromatic heterocycles. The standard InChI is InChI=1S/C26H26O5/c1-30-25(28)20-12-8-18(9-13-20)16-22-6-4-3-5-7-23(24(22)27)17-19-10-14-21(15-11-19)26(29)31-2/h8-17H,3-7H2,1-2H3/b22-16+,23-17+. The molecule has 1 aliphatic rings. The number of carbonyl (C=O) groups excluding carboxylic acids is 3. The number of esters is 2. The SMILES string of the molecule is COC(=O)c1ccc(/C=C2\CCCCC/C(=C\c3ccc(C(=O)OC)cc3)C2=O)cc1. The maximum Gasteiger partial charge on any atom is 0.337 e. The van der Waals surface area contributed by atoms with Crippen LogP contribution in [0.25, 0.3) is 12.2 Å². The van der Waals surface area contributed by atoms with Gasteiger partial charge in [0.2, 0.25) is 0 Å². The molecule has 0 aliphatic heterocycles. The monoisotopic (exact) mass is 418 g/mol. The zero-order chi connectivity index (χ0) is 22.2. The average molecular weight is 418 g/mol. The molecular weight excluding hydrogens is 392 g/mol. The molecule has 2 aromatic carbocycles. The van der Waals surface area contributed by atoms with Crippen LogP contribution in [0.3, 0.4) is 0 Å². The fourth-order valence-corrected chi connectivity index (χ4v) is 3.59. The highest BCUT2D eigenvalue weighted by atomic mass is 16.5. The number of Topliss-reactive ketones (excluding diaryl/α,β-unsaturated/α-hetero) is 1. The van der Waals surface area contributed by atoms with E-state index in [1.165, 1.54) is 14.2 Å². The highest BCUT2D eigenvalue weighted by molar-refractivity contribution is 6.13. The topological polar surface area (TPSA) is 69.7 Å². The molecule has 0 bridgehead atoms. The van der Waals surface area contributed by atoms with Gasteiger partial charge in [0, 0.05) is 11.1 Å². The Balaban J connectivity index is 1.86. The van der Waals surface area contributed by atoms with Gasteiger partial charge in [0.25, 0.3) is 0 Å². The second-order valence-corrected chi connectivity index (χ2v) is 7.46. The molecule has 0 heterocycles. The lowest BCUT2D eigenvalue weighted by Gasteiger charge is -2.15. The summed E-state index contributed by atoms with van der Waals surface area (Å²) in [4.78, 5) is 36.5. The molecule has 5 nitrogen and oxygen atoms in total. The van der Waals surface area contributed by atoms with Crippen molar-refractivity contribution in [1.29, 1.82) is 0 Å². The number of hydrogen-bond acceptors (Lipinski definition) is 5. The molecule has 5 heteroatoms. The number of allylic oxidation sites excluding steroid dienone is 2. The Morgan fingerprint density at radius 3 is 1.42 bits per heavy atom. The van der Waals surface area contributed by atoms with Crippen molar-refractivity contribution in [3.8, 4) is 0 Å². The molecule has 0 radical (unpaired) electrons. The van der Waals surface area contributed by atoms with Gasteiger partial charge in [-0.25, -0.2) is 9.59 Å². The zero-order valence-electron chi connectivity index (χ0n) is 17.9. The van der Waals surface area contributed by atoms with Crippen molar-refractivity contribution >= 4 is 29.9 Å². The normalized spacial score (nSPS) is 17.2. The molecule has 160 valence electrons. The Kier molecular flexibility index (Phi) is 7.55. The summed E-state index contributed by atoms with van der Waals surface area (Å²) in [6.45, 7) is 0. The first kappa shape index (κ1) is 22.2. The van der Waals surface area contributed by atoms with E-state index in [1.54, 1.807) is 24.3 Å². The van der Waals surface area contributed by atoms with Crippen LogP contribution in [0, 0.1) is 0 Å². The Morgan fingerprint density at radius 1 is 0.677 bits per heavy atom. The minimum Gasteiger partial charge on any atom is -0.465 e. The van der Waals surface area contributed by atoms with E-state index in [2.05, 4.69) is 0 Å². The molecule has 0 amide bonds. The Morgan fingerprint density at radius 2 is 1.06 bits per heavy atom. The summed E-state index contributed by atoms with van der Waals surface area (Å²) in [6, 6.07) is 14.1. The lowest BCUT2D eigenvalue weighted by Crippen LogP contribution is -2.09. The summed E-state index contributed by atoms with van der Waals surface area (Å²) >= 11 is 0. The third-order valence-corrected chi connectivity index (χ3v) is 5.32. The van der Waals surface area contributed by atoms with Crippen LogP contribution in [0.1, 0.15) is 63.9 Å². The predicted octanol–water partition coefficient (Wildman–Crippen LogP) is 5.26. The Labute approximate surface area is 182 Å². The van der Waals surface area contributed by atoms with Gasteiger partial charge in [-0.3, -0.25) is 4.79 Å². The number of benzene rings is 2. The summed E-state index contributed by atoms with van der Waals surface area (Å²) in [5, 5.41) is 0. The van der Waals surface area contributed by atoms with Crippen molar-refractivity contribution in [2.75, 3.05) is 14.2 Å². The van der Waals surface area contributed by atoms with E-state index in [-0.39, 0.29) is 17.7 Å². The van der Waals surface area contributed by atoms with Crippen LogP contribution >= 0.6 is 0 Å². The van der Waals surface area contributed by atoms with Crippen LogP contribution in [0.4, 0.5) is 0 Å². The van der Waals surface area contributed by atoms with Crippen LogP contribution in [0.5, 0.6) is 0 Å². The minimum absolute atomic E-state index is 0.0498. The molecule has 1 aliphatic carbocycles. The van der Waals surface area contributed by atoms with Crippen LogP contribution in [-0.2, 0) is 14.3 Å². The quantitative estimate of drug-likeness (QED) is 0.500. The van der Waals surface area contributed by atoms with Crippen LogP contribution in [0.15, 0.2) is 59.7 Å². The van der Waals surface area contributed by atoms with Gasteiger partial charge in [0.15, 0.2) is 5.78 Å². The predicted molar refractivity (Wildman–Crippen MR) is 120 cm³/mol.